The zero-order valence-corrected chi connectivity index (χ0v) is 15.4. The Labute approximate surface area is 158 Å². The zero-order chi connectivity index (χ0) is 16.8. The Balaban J connectivity index is 0.00000225. The molecule has 1 heterocycles. The van der Waals surface area contributed by atoms with Crippen LogP contribution in [-0.2, 0) is 0 Å². The van der Waals surface area contributed by atoms with Crippen LogP contribution < -0.4 is 24.3 Å². The van der Waals surface area contributed by atoms with Crippen molar-refractivity contribution in [3.8, 4) is 23.0 Å². The molecule has 0 aliphatic carbocycles. The Morgan fingerprint density at radius 3 is 2.76 bits per heavy atom. The fraction of sp³-hybridized carbons (Fsp3) is 0.333. The predicted molar refractivity (Wildman–Crippen MR) is 100.0 cm³/mol. The molecule has 0 bridgehead atoms. The van der Waals surface area contributed by atoms with Crippen LogP contribution in [0.2, 0.25) is 5.02 Å². The fourth-order valence-electron chi connectivity index (χ4n) is 2.44. The minimum Gasteiger partial charge on any atom is -0.493 e. The predicted octanol–water partition coefficient (Wildman–Crippen LogP) is 3.58. The largest absolute Gasteiger partial charge is 0.493 e. The van der Waals surface area contributed by atoms with Crippen molar-refractivity contribution in [2.24, 2.45) is 0 Å². The van der Waals surface area contributed by atoms with Crippen LogP contribution in [0.3, 0.4) is 0 Å². The molecule has 1 aliphatic rings. The van der Waals surface area contributed by atoms with Gasteiger partial charge in [-0.1, -0.05) is 29.8 Å². The number of rotatable bonds is 7. The highest BCUT2D eigenvalue weighted by Gasteiger charge is 2.19. The van der Waals surface area contributed by atoms with Gasteiger partial charge >= 0.3 is 0 Å². The highest BCUT2D eigenvalue weighted by atomic mass is 35.5. The van der Waals surface area contributed by atoms with Crippen LogP contribution in [0.25, 0.3) is 0 Å². The Morgan fingerprint density at radius 2 is 1.96 bits per heavy atom. The second-order valence-corrected chi connectivity index (χ2v) is 5.73. The minimum absolute atomic E-state index is 0. The molecular weight excluding hydrogens is 365 g/mol. The first-order valence-electron chi connectivity index (χ1n) is 7.82. The summed E-state index contributed by atoms with van der Waals surface area (Å²) in [7, 11) is 1.59. The van der Waals surface area contributed by atoms with E-state index in [0.717, 1.165) is 11.5 Å². The number of ether oxygens (including phenoxy) is 4. The van der Waals surface area contributed by atoms with Crippen molar-refractivity contribution in [2.45, 2.75) is 6.10 Å². The second-order valence-electron chi connectivity index (χ2n) is 5.32. The van der Waals surface area contributed by atoms with Gasteiger partial charge < -0.3 is 24.3 Å². The lowest BCUT2D eigenvalue weighted by Crippen LogP contribution is -2.39. The molecule has 2 aromatic carbocycles. The van der Waals surface area contributed by atoms with E-state index in [1.807, 2.05) is 36.4 Å². The SMILES string of the molecule is COc1cccc(Cl)c1OCCNC[C@@H]1COc2ccccc2O1.Cl. The third kappa shape index (κ3) is 5.08. The third-order valence-electron chi connectivity index (χ3n) is 3.62. The van der Waals surface area contributed by atoms with Gasteiger partial charge in [0.25, 0.3) is 0 Å². The third-order valence-corrected chi connectivity index (χ3v) is 3.91. The van der Waals surface area contributed by atoms with Crippen molar-refractivity contribution in [1.82, 2.24) is 5.32 Å². The van der Waals surface area contributed by atoms with Crippen molar-refractivity contribution in [3.63, 3.8) is 0 Å². The monoisotopic (exact) mass is 385 g/mol. The van der Waals surface area contributed by atoms with Crippen LogP contribution in [0.15, 0.2) is 42.5 Å². The number of hydrogen-bond donors (Lipinski definition) is 1. The van der Waals surface area contributed by atoms with E-state index in [1.54, 1.807) is 13.2 Å². The van der Waals surface area contributed by atoms with Crippen LogP contribution >= 0.6 is 24.0 Å². The van der Waals surface area contributed by atoms with Crippen molar-refractivity contribution in [1.29, 1.82) is 0 Å². The molecule has 25 heavy (non-hydrogen) atoms. The molecule has 3 rings (SSSR count). The molecule has 1 N–H and O–H groups in total. The topological polar surface area (TPSA) is 49.0 Å². The number of para-hydroxylation sites is 3. The standard InChI is InChI=1S/C18H20ClNO4.ClH/c1-21-17-8-4-5-14(19)18(17)22-10-9-20-11-13-12-23-15-6-2-3-7-16(15)24-13;/h2-8,13,20H,9-12H2,1H3;1H/t13-;/m1./s1. The smallest absolute Gasteiger partial charge is 0.179 e. The lowest BCUT2D eigenvalue weighted by atomic mass is 10.2. The summed E-state index contributed by atoms with van der Waals surface area (Å²) in [6.45, 7) is 2.35. The van der Waals surface area contributed by atoms with Gasteiger partial charge in [0.2, 0.25) is 0 Å². The van der Waals surface area contributed by atoms with E-state index in [-0.39, 0.29) is 18.5 Å². The van der Waals surface area contributed by atoms with Gasteiger partial charge in [-0.05, 0) is 24.3 Å². The summed E-state index contributed by atoms with van der Waals surface area (Å²) in [5.41, 5.74) is 0. The molecule has 0 amide bonds. The van der Waals surface area contributed by atoms with Gasteiger partial charge in [0, 0.05) is 13.1 Å². The quantitative estimate of drug-likeness (QED) is 0.738. The number of halogens is 2. The molecule has 0 unspecified atom stereocenters. The molecule has 136 valence electrons. The molecule has 5 nitrogen and oxygen atoms in total. The fourth-order valence-corrected chi connectivity index (χ4v) is 2.66. The lowest BCUT2D eigenvalue weighted by Gasteiger charge is -2.26. The minimum atomic E-state index is -0.0188. The Kier molecular flexibility index (Phi) is 7.50. The molecule has 2 aromatic rings. The first kappa shape index (κ1) is 19.5. The van der Waals surface area contributed by atoms with E-state index in [1.165, 1.54) is 0 Å². The van der Waals surface area contributed by atoms with Crippen molar-refractivity contribution < 1.29 is 18.9 Å². The highest BCUT2D eigenvalue weighted by Crippen LogP contribution is 2.34. The Hall–Kier alpha value is -1.82. The first-order chi connectivity index (χ1) is 11.8. The van der Waals surface area contributed by atoms with Crippen LogP contribution in [0.5, 0.6) is 23.0 Å². The lowest BCUT2D eigenvalue weighted by molar-refractivity contribution is 0.0897. The molecule has 7 heteroatoms. The number of benzene rings is 2. The summed E-state index contributed by atoms with van der Waals surface area (Å²) < 4.78 is 22.5. The molecule has 0 radical (unpaired) electrons. The van der Waals surface area contributed by atoms with Crippen molar-refractivity contribution >= 4 is 24.0 Å². The van der Waals surface area contributed by atoms with Gasteiger partial charge in [0.15, 0.2) is 23.0 Å². The maximum Gasteiger partial charge on any atom is 0.179 e. The molecule has 0 aromatic heterocycles. The van der Waals surface area contributed by atoms with E-state index < -0.39 is 0 Å². The van der Waals surface area contributed by atoms with Crippen molar-refractivity contribution in [2.75, 3.05) is 33.4 Å². The molecule has 0 saturated heterocycles. The number of methoxy groups -OCH3 is 1. The second kappa shape index (κ2) is 9.61. The summed E-state index contributed by atoms with van der Waals surface area (Å²) >= 11 is 6.13. The van der Waals surface area contributed by atoms with Gasteiger partial charge in [-0.15, -0.1) is 12.4 Å². The van der Waals surface area contributed by atoms with Crippen LogP contribution in [0, 0.1) is 0 Å². The average molecular weight is 386 g/mol. The van der Waals surface area contributed by atoms with E-state index in [4.69, 9.17) is 30.5 Å². The zero-order valence-electron chi connectivity index (χ0n) is 13.9. The molecule has 0 fully saturated rings. The maximum absolute atomic E-state index is 6.13. The van der Waals surface area contributed by atoms with Gasteiger partial charge in [0.1, 0.15) is 19.3 Å². The van der Waals surface area contributed by atoms with Gasteiger partial charge in [-0.25, -0.2) is 0 Å². The summed E-state index contributed by atoms with van der Waals surface area (Å²) in [4.78, 5) is 0. The summed E-state index contributed by atoms with van der Waals surface area (Å²) in [6.07, 6.45) is -0.0188. The molecular formula is C18H21Cl2NO4. The Morgan fingerprint density at radius 1 is 1.16 bits per heavy atom. The average Bonchev–Trinajstić information content (AvgIpc) is 2.62. The summed E-state index contributed by atoms with van der Waals surface area (Å²) in [5.74, 6) is 2.77. The van der Waals surface area contributed by atoms with E-state index in [2.05, 4.69) is 5.32 Å². The number of nitrogens with one attached hydrogen (secondary N) is 1. The molecule has 1 atom stereocenters. The van der Waals surface area contributed by atoms with E-state index in [9.17, 15) is 0 Å². The summed E-state index contributed by atoms with van der Waals surface area (Å²) in [5, 5.41) is 3.84. The van der Waals surface area contributed by atoms with Gasteiger partial charge in [-0.2, -0.15) is 0 Å². The molecule has 1 aliphatic heterocycles. The van der Waals surface area contributed by atoms with Crippen molar-refractivity contribution in [3.05, 3.63) is 47.5 Å². The number of hydrogen-bond acceptors (Lipinski definition) is 5. The molecule has 0 saturated carbocycles. The number of fused-ring (bicyclic) bond motifs is 1. The van der Waals surface area contributed by atoms with Gasteiger partial charge in [0.05, 0.1) is 12.1 Å². The van der Waals surface area contributed by atoms with E-state index >= 15 is 0 Å². The normalized spacial score (nSPS) is 15.2. The van der Waals surface area contributed by atoms with Crippen LogP contribution in [0.1, 0.15) is 0 Å². The van der Waals surface area contributed by atoms with E-state index in [0.29, 0.717) is 42.8 Å². The van der Waals surface area contributed by atoms with Gasteiger partial charge in [-0.3, -0.25) is 0 Å². The Bertz CT molecular complexity index is 684. The maximum atomic E-state index is 6.13. The van der Waals surface area contributed by atoms with Crippen LogP contribution in [0.4, 0.5) is 0 Å². The highest BCUT2D eigenvalue weighted by molar-refractivity contribution is 6.32. The van der Waals surface area contributed by atoms with Crippen LogP contribution in [-0.4, -0.2) is 39.5 Å². The summed E-state index contributed by atoms with van der Waals surface area (Å²) in [6, 6.07) is 13.1. The molecule has 0 spiro atoms. The first-order valence-corrected chi connectivity index (χ1v) is 8.20.